The molecule has 122 valence electrons. The molecular weight excluding hydrogens is 284 g/mol. The molecule has 0 aliphatic carbocycles. The highest BCUT2D eigenvalue weighted by Gasteiger charge is 2.23. The minimum Gasteiger partial charge on any atom is -0.314 e. The van der Waals surface area contributed by atoms with E-state index in [0.717, 1.165) is 37.7 Å². The van der Waals surface area contributed by atoms with Crippen LogP contribution >= 0.6 is 0 Å². The van der Waals surface area contributed by atoms with Gasteiger partial charge in [0.25, 0.3) is 0 Å². The van der Waals surface area contributed by atoms with Crippen LogP contribution in [0.15, 0.2) is 36.4 Å². The molecule has 3 rings (SSSR count). The summed E-state index contributed by atoms with van der Waals surface area (Å²) < 4.78 is 2.33. The third-order valence-electron chi connectivity index (χ3n) is 4.39. The zero-order valence-corrected chi connectivity index (χ0v) is 14.1. The van der Waals surface area contributed by atoms with E-state index in [1.807, 2.05) is 6.07 Å². The van der Waals surface area contributed by atoms with Crippen LogP contribution in [-0.4, -0.2) is 27.9 Å². The molecule has 0 bridgehead atoms. The zero-order chi connectivity index (χ0) is 16.1. The lowest BCUT2D eigenvalue weighted by atomic mass is 9.98. The summed E-state index contributed by atoms with van der Waals surface area (Å²) in [5.41, 5.74) is 1.25. The predicted molar refractivity (Wildman–Crippen MR) is 94.3 cm³/mol. The summed E-state index contributed by atoms with van der Waals surface area (Å²) in [7, 11) is 0. The molecule has 1 atom stereocenters. The molecule has 2 aromatic rings. The molecule has 0 saturated carbocycles. The summed E-state index contributed by atoms with van der Waals surface area (Å²) in [4.78, 5) is 0. The van der Waals surface area contributed by atoms with Gasteiger partial charge in [-0.05, 0) is 24.4 Å². The standard InChI is InChI=1S/C19H26N4/c1-15(2)19-22-21-18-11-10-17(14-23(18)19)13-20-12-6-9-16-7-4-3-5-8-16/h3-9,15,17,20H,10-14H2,1-2H3/b9-6+/t17-/m1/s1. The van der Waals surface area contributed by atoms with E-state index < -0.39 is 0 Å². The van der Waals surface area contributed by atoms with E-state index in [-0.39, 0.29) is 0 Å². The highest BCUT2D eigenvalue weighted by atomic mass is 15.3. The minimum atomic E-state index is 0.441. The molecule has 1 aromatic carbocycles. The van der Waals surface area contributed by atoms with Crippen molar-refractivity contribution in [2.45, 2.75) is 39.2 Å². The molecule has 1 N–H and O–H groups in total. The van der Waals surface area contributed by atoms with Crippen molar-refractivity contribution in [2.24, 2.45) is 5.92 Å². The number of fused-ring (bicyclic) bond motifs is 1. The van der Waals surface area contributed by atoms with Crippen molar-refractivity contribution >= 4 is 6.08 Å². The maximum atomic E-state index is 4.36. The Bertz CT molecular complexity index is 643. The van der Waals surface area contributed by atoms with Crippen molar-refractivity contribution in [1.29, 1.82) is 0 Å². The first kappa shape index (κ1) is 15.9. The second-order valence-electron chi connectivity index (χ2n) is 6.62. The van der Waals surface area contributed by atoms with Crippen LogP contribution in [0, 0.1) is 5.92 Å². The predicted octanol–water partition coefficient (Wildman–Crippen LogP) is 3.27. The zero-order valence-electron chi connectivity index (χ0n) is 14.1. The lowest BCUT2D eigenvalue weighted by molar-refractivity contribution is 0.345. The van der Waals surface area contributed by atoms with Crippen LogP contribution in [-0.2, 0) is 13.0 Å². The fourth-order valence-corrected chi connectivity index (χ4v) is 3.14. The van der Waals surface area contributed by atoms with Crippen molar-refractivity contribution in [2.75, 3.05) is 13.1 Å². The van der Waals surface area contributed by atoms with Crippen LogP contribution in [0.4, 0.5) is 0 Å². The van der Waals surface area contributed by atoms with Crippen LogP contribution in [0.2, 0.25) is 0 Å². The molecule has 0 radical (unpaired) electrons. The fourth-order valence-electron chi connectivity index (χ4n) is 3.14. The van der Waals surface area contributed by atoms with Gasteiger partial charge in [-0.15, -0.1) is 10.2 Å². The fraction of sp³-hybridized carbons (Fsp3) is 0.474. The van der Waals surface area contributed by atoms with Crippen LogP contribution < -0.4 is 5.32 Å². The molecular formula is C19H26N4. The van der Waals surface area contributed by atoms with Gasteiger partial charge in [-0.3, -0.25) is 0 Å². The molecule has 0 fully saturated rings. The molecule has 0 saturated heterocycles. The molecule has 0 unspecified atom stereocenters. The van der Waals surface area contributed by atoms with Gasteiger partial charge in [-0.1, -0.05) is 56.3 Å². The SMILES string of the molecule is CC(C)c1nnc2n1C[C@@H](CNC/C=C/c1ccccc1)CC2. The summed E-state index contributed by atoms with van der Waals surface area (Å²) in [5, 5.41) is 12.2. The van der Waals surface area contributed by atoms with Gasteiger partial charge in [0.2, 0.25) is 0 Å². The molecule has 0 spiro atoms. The third-order valence-corrected chi connectivity index (χ3v) is 4.39. The Morgan fingerprint density at radius 2 is 2.09 bits per heavy atom. The normalized spacial score (nSPS) is 17.8. The Hall–Kier alpha value is -1.94. The maximum absolute atomic E-state index is 4.36. The number of aromatic nitrogens is 3. The monoisotopic (exact) mass is 310 g/mol. The number of hydrogen-bond acceptors (Lipinski definition) is 3. The van der Waals surface area contributed by atoms with Crippen LogP contribution in [0.1, 0.15) is 43.4 Å². The van der Waals surface area contributed by atoms with E-state index in [1.165, 1.54) is 12.0 Å². The minimum absolute atomic E-state index is 0.441. The van der Waals surface area contributed by atoms with Crippen molar-refractivity contribution in [3.63, 3.8) is 0 Å². The second kappa shape index (κ2) is 7.55. The van der Waals surface area contributed by atoms with E-state index in [9.17, 15) is 0 Å². The maximum Gasteiger partial charge on any atom is 0.135 e. The number of aryl methyl sites for hydroxylation is 1. The Labute approximate surface area is 138 Å². The summed E-state index contributed by atoms with van der Waals surface area (Å²) in [6.07, 6.45) is 6.61. The molecule has 4 heteroatoms. The van der Waals surface area contributed by atoms with Gasteiger partial charge in [-0.25, -0.2) is 0 Å². The third kappa shape index (κ3) is 4.08. The first-order chi connectivity index (χ1) is 11.2. The number of hydrogen-bond donors (Lipinski definition) is 1. The quantitative estimate of drug-likeness (QED) is 0.833. The van der Waals surface area contributed by atoms with E-state index >= 15 is 0 Å². The van der Waals surface area contributed by atoms with Gasteiger partial charge in [0, 0.05) is 25.4 Å². The Kier molecular flexibility index (Phi) is 5.23. The Morgan fingerprint density at radius 3 is 2.87 bits per heavy atom. The molecule has 1 aromatic heterocycles. The number of benzene rings is 1. The molecule has 4 nitrogen and oxygen atoms in total. The highest BCUT2D eigenvalue weighted by molar-refractivity contribution is 5.48. The Balaban J connectivity index is 1.47. The second-order valence-corrected chi connectivity index (χ2v) is 6.62. The number of nitrogens with zero attached hydrogens (tertiary/aromatic N) is 3. The van der Waals surface area contributed by atoms with E-state index in [2.05, 4.69) is 70.3 Å². The summed E-state index contributed by atoms with van der Waals surface area (Å²) >= 11 is 0. The average Bonchev–Trinajstić information content (AvgIpc) is 2.99. The van der Waals surface area contributed by atoms with Crippen molar-refractivity contribution in [1.82, 2.24) is 20.1 Å². The summed E-state index contributed by atoms with van der Waals surface area (Å²) in [6, 6.07) is 10.4. The van der Waals surface area contributed by atoms with Crippen molar-refractivity contribution in [3.8, 4) is 0 Å². The number of nitrogens with one attached hydrogen (secondary N) is 1. The lowest BCUT2D eigenvalue weighted by Gasteiger charge is -2.25. The van der Waals surface area contributed by atoms with Crippen molar-refractivity contribution < 1.29 is 0 Å². The largest absolute Gasteiger partial charge is 0.314 e. The summed E-state index contributed by atoms with van der Waals surface area (Å²) in [5.74, 6) is 3.40. The van der Waals surface area contributed by atoms with Gasteiger partial charge in [0.05, 0.1) is 0 Å². The molecule has 1 aliphatic rings. The van der Waals surface area contributed by atoms with Crippen molar-refractivity contribution in [3.05, 3.63) is 53.6 Å². The average molecular weight is 310 g/mol. The molecule has 2 heterocycles. The van der Waals surface area contributed by atoms with Gasteiger partial charge in [0.15, 0.2) is 0 Å². The van der Waals surface area contributed by atoms with E-state index in [4.69, 9.17) is 0 Å². The summed E-state index contributed by atoms with van der Waals surface area (Å²) in [6.45, 7) is 7.39. The molecule has 0 amide bonds. The lowest BCUT2D eigenvalue weighted by Crippen LogP contribution is -2.31. The van der Waals surface area contributed by atoms with E-state index in [0.29, 0.717) is 11.8 Å². The molecule has 1 aliphatic heterocycles. The molecule has 23 heavy (non-hydrogen) atoms. The van der Waals surface area contributed by atoms with E-state index in [1.54, 1.807) is 0 Å². The van der Waals surface area contributed by atoms with Crippen LogP contribution in [0.3, 0.4) is 0 Å². The number of rotatable bonds is 6. The highest BCUT2D eigenvalue weighted by Crippen LogP contribution is 2.23. The smallest absolute Gasteiger partial charge is 0.135 e. The van der Waals surface area contributed by atoms with Gasteiger partial charge < -0.3 is 9.88 Å². The van der Waals surface area contributed by atoms with Gasteiger partial charge in [-0.2, -0.15) is 0 Å². The Morgan fingerprint density at radius 1 is 1.26 bits per heavy atom. The topological polar surface area (TPSA) is 42.7 Å². The van der Waals surface area contributed by atoms with Gasteiger partial charge >= 0.3 is 0 Å². The van der Waals surface area contributed by atoms with Gasteiger partial charge in [0.1, 0.15) is 11.6 Å². The first-order valence-corrected chi connectivity index (χ1v) is 8.58. The van der Waals surface area contributed by atoms with Crippen LogP contribution in [0.5, 0.6) is 0 Å². The van der Waals surface area contributed by atoms with Crippen LogP contribution in [0.25, 0.3) is 6.08 Å². The first-order valence-electron chi connectivity index (χ1n) is 8.58.